The second-order valence-electron chi connectivity index (χ2n) is 5.43. The lowest BCUT2D eigenvalue weighted by Gasteiger charge is -2.19. The van der Waals surface area contributed by atoms with Gasteiger partial charge in [-0.05, 0) is 50.5 Å². The van der Waals surface area contributed by atoms with Crippen molar-refractivity contribution in [2.75, 3.05) is 39.8 Å². The molecule has 0 radical (unpaired) electrons. The zero-order valence-electron chi connectivity index (χ0n) is 12.3. The van der Waals surface area contributed by atoms with E-state index in [1.807, 2.05) is 18.2 Å². The average Bonchev–Trinajstić information content (AvgIpc) is 2.97. The first-order valence-electron chi connectivity index (χ1n) is 7.52. The number of rotatable bonds is 8. The average molecular weight is 278 g/mol. The van der Waals surface area contributed by atoms with Crippen molar-refractivity contribution >= 4 is 0 Å². The first-order valence-corrected chi connectivity index (χ1v) is 7.52. The van der Waals surface area contributed by atoms with Crippen molar-refractivity contribution in [2.24, 2.45) is 0 Å². The van der Waals surface area contributed by atoms with Gasteiger partial charge >= 0.3 is 0 Å². The lowest BCUT2D eigenvalue weighted by Crippen LogP contribution is -2.37. The number of para-hydroxylation sites is 1. The molecule has 1 aromatic rings. The van der Waals surface area contributed by atoms with Crippen LogP contribution in [0.15, 0.2) is 24.3 Å². The molecule has 112 valence electrons. The van der Waals surface area contributed by atoms with Crippen LogP contribution in [0, 0.1) is 0 Å². The van der Waals surface area contributed by atoms with E-state index in [2.05, 4.69) is 16.3 Å². The molecule has 4 heteroatoms. The predicted molar refractivity (Wildman–Crippen MR) is 81.2 cm³/mol. The van der Waals surface area contributed by atoms with E-state index in [0.717, 1.165) is 38.3 Å². The topological polar surface area (TPSA) is 44.7 Å². The van der Waals surface area contributed by atoms with Gasteiger partial charge in [-0.3, -0.25) is 0 Å². The zero-order chi connectivity index (χ0) is 14.2. The van der Waals surface area contributed by atoms with Gasteiger partial charge in [-0.2, -0.15) is 0 Å². The smallest absolute Gasteiger partial charge is 0.122 e. The van der Waals surface area contributed by atoms with Crippen LogP contribution in [0.4, 0.5) is 0 Å². The quantitative estimate of drug-likeness (QED) is 0.703. The summed E-state index contributed by atoms with van der Waals surface area (Å²) < 4.78 is 5.33. The van der Waals surface area contributed by atoms with Gasteiger partial charge in [-0.25, -0.2) is 0 Å². The van der Waals surface area contributed by atoms with Crippen LogP contribution in [-0.2, 0) is 6.42 Å². The van der Waals surface area contributed by atoms with Crippen LogP contribution in [0.2, 0.25) is 0 Å². The molecular weight excluding hydrogens is 252 g/mol. The van der Waals surface area contributed by atoms with E-state index in [-0.39, 0.29) is 6.10 Å². The van der Waals surface area contributed by atoms with Gasteiger partial charge in [0.05, 0.1) is 13.2 Å². The summed E-state index contributed by atoms with van der Waals surface area (Å²) in [7, 11) is 1.70. The number of β-amino-alcohol motifs (C(OH)–C–C–N with tert-alkyl or cyclic N) is 1. The Kier molecular flexibility index (Phi) is 6.30. The monoisotopic (exact) mass is 278 g/mol. The minimum Gasteiger partial charge on any atom is -0.496 e. The third-order valence-corrected chi connectivity index (χ3v) is 3.81. The van der Waals surface area contributed by atoms with E-state index in [1.165, 1.54) is 18.4 Å². The van der Waals surface area contributed by atoms with Crippen LogP contribution in [0.5, 0.6) is 5.75 Å². The third-order valence-electron chi connectivity index (χ3n) is 3.81. The minimum absolute atomic E-state index is 0.272. The molecule has 1 heterocycles. The SMILES string of the molecule is COc1ccccc1CCNCC(O)CN1CCCC1. The Bertz CT molecular complexity index is 392. The number of hydrogen-bond donors (Lipinski definition) is 2. The third kappa shape index (κ3) is 4.78. The molecule has 0 spiro atoms. The highest BCUT2D eigenvalue weighted by atomic mass is 16.5. The number of aliphatic hydroxyl groups excluding tert-OH is 1. The Morgan fingerprint density at radius 2 is 2.05 bits per heavy atom. The van der Waals surface area contributed by atoms with Gasteiger partial charge in [0.15, 0.2) is 0 Å². The summed E-state index contributed by atoms with van der Waals surface area (Å²) in [6, 6.07) is 8.08. The lowest BCUT2D eigenvalue weighted by molar-refractivity contribution is 0.124. The highest BCUT2D eigenvalue weighted by Crippen LogP contribution is 2.17. The maximum Gasteiger partial charge on any atom is 0.122 e. The number of methoxy groups -OCH3 is 1. The van der Waals surface area contributed by atoms with Gasteiger partial charge in [0, 0.05) is 13.1 Å². The molecule has 1 aromatic carbocycles. The second-order valence-corrected chi connectivity index (χ2v) is 5.43. The summed E-state index contributed by atoms with van der Waals surface area (Å²) in [5, 5.41) is 13.3. The van der Waals surface area contributed by atoms with Crippen LogP contribution in [0.25, 0.3) is 0 Å². The Hall–Kier alpha value is -1.10. The molecule has 4 nitrogen and oxygen atoms in total. The minimum atomic E-state index is -0.272. The maximum absolute atomic E-state index is 9.98. The Balaban J connectivity index is 1.63. The number of ether oxygens (including phenoxy) is 1. The maximum atomic E-state index is 9.98. The Morgan fingerprint density at radius 3 is 2.80 bits per heavy atom. The normalized spacial score (nSPS) is 17.3. The van der Waals surface area contributed by atoms with Gasteiger partial charge in [0.2, 0.25) is 0 Å². The largest absolute Gasteiger partial charge is 0.496 e. The van der Waals surface area contributed by atoms with E-state index in [1.54, 1.807) is 7.11 Å². The van der Waals surface area contributed by atoms with Crippen molar-refractivity contribution in [2.45, 2.75) is 25.4 Å². The van der Waals surface area contributed by atoms with E-state index in [4.69, 9.17) is 4.74 Å². The number of nitrogens with one attached hydrogen (secondary N) is 1. The van der Waals surface area contributed by atoms with E-state index in [9.17, 15) is 5.11 Å². The molecule has 1 fully saturated rings. The summed E-state index contributed by atoms with van der Waals surface area (Å²) in [6.07, 6.45) is 3.19. The van der Waals surface area contributed by atoms with E-state index < -0.39 is 0 Å². The van der Waals surface area contributed by atoms with Gasteiger partial charge < -0.3 is 20.1 Å². The molecule has 0 aliphatic carbocycles. The van der Waals surface area contributed by atoms with Crippen molar-refractivity contribution in [3.63, 3.8) is 0 Å². The summed E-state index contributed by atoms with van der Waals surface area (Å²) >= 11 is 0. The molecule has 0 saturated carbocycles. The lowest BCUT2D eigenvalue weighted by atomic mass is 10.1. The fraction of sp³-hybridized carbons (Fsp3) is 0.625. The van der Waals surface area contributed by atoms with E-state index in [0.29, 0.717) is 6.54 Å². The number of hydrogen-bond acceptors (Lipinski definition) is 4. The Labute approximate surface area is 121 Å². The van der Waals surface area contributed by atoms with Crippen molar-refractivity contribution in [3.8, 4) is 5.75 Å². The number of aliphatic hydroxyl groups is 1. The number of benzene rings is 1. The first kappa shape index (κ1) is 15.3. The molecule has 2 rings (SSSR count). The van der Waals surface area contributed by atoms with Crippen molar-refractivity contribution in [1.82, 2.24) is 10.2 Å². The van der Waals surface area contributed by atoms with Gasteiger partial charge in [0.1, 0.15) is 5.75 Å². The summed E-state index contributed by atoms with van der Waals surface area (Å²) in [6.45, 7) is 4.58. The predicted octanol–water partition coefficient (Wildman–Crippen LogP) is 1.28. The van der Waals surface area contributed by atoms with Crippen LogP contribution < -0.4 is 10.1 Å². The van der Waals surface area contributed by atoms with Crippen LogP contribution in [0.3, 0.4) is 0 Å². The van der Waals surface area contributed by atoms with Crippen molar-refractivity contribution in [3.05, 3.63) is 29.8 Å². The van der Waals surface area contributed by atoms with Gasteiger partial charge in [-0.15, -0.1) is 0 Å². The molecule has 2 N–H and O–H groups in total. The highest BCUT2D eigenvalue weighted by Gasteiger charge is 2.15. The number of likely N-dealkylation sites (tertiary alicyclic amines) is 1. The van der Waals surface area contributed by atoms with Crippen LogP contribution in [0.1, 0.15) is 18.4 Å². The van der Waals surface area contributed by atoms with Crippen LogP contribution >= 0.6 is 0 Å². The zero-order valence-corrected chi connectivity index (χ0v) is 12.3. The fourth-order valence-corrected chi connectivity index (χ4v) is 2.73. The molecule has 0 aromatic heterocycles. The van der Waals surface area contributed by atoms with Gasteiger partial charge in [0.25, 0.3) is 0 Å². The first-order chi connectivity index (χ1) is 9.79. The molecule has 1 unspecified atom stereocenters. The fourth-order valence-electron chi connectivity index (χ4n) is 2.73. The molecule has 1 saturated heterocycles. The van der Waals surface area contributed by atoms with E-state index >= 15 is 0 Å². The van der Waals surface area contributed by atoms with Crippen molar-refractivity contribution in [1.29, 1.82) is 0 Å². The van der Waals surface area contributed by atoms with Crippen molar-refractivity contribution < 1.29 is 9.84 Å². The molecule has 1 aliphatic heterocycles. The molecule has 1 aliphatic rings. The Morgan fingerprint density at radius 1 is 1.30 bits per heavy atom. The summed E-state index contributed by atoms with van der Waals surface area (Å²) in [5.74, 6) is 0.937. The highest BCUT2D eigenvalue weighted by molar-refractivity contribution is 5.33. The summed E-state index contributed by atoms with van der Waals surface area (Å²) in [4.78, 5) is 2.34. The standard InChI is InChI=1S/C16H26N2O2/c1-20-16-7-3-2-6-14(16)8-9-17-12-15(19)13-18-10-4-5-11-18/h2-3,6-7,15,17,19H,4-5,8-13H2,1H3. The van der Waals surface area contributed by atoms with Gasteiger partial charge in [-0.1, -0.05) is 18.2 Å². The summed E-state index contributed by atoms with van der Waals surface area (Å²) in [5.41, 5.74) is 1.21. The van der Waals surface area contributed by atoms with Crippen LogP contribution in [-0.4, -0.2) is 55.9 Å². The molecule has 1 atom stereocenters. The molecule has 20 heavy (non-hydrogen) atoms. The number of nitrogens with zero attached hydrogens (tertiary/aromatic N) is 1. The second kappa shape index (κ2) is 8.25. The molecular formula is C16H26N2O2. The molecule has 0 bridgehead atoms. The molecule has 0 amide bonds.